The summed E-state index contributed by atoms with van der Waals surface area (Å²) in [6.45, 7) is 4.17. The molecule has 0 aromatic rings. The second-order valence-corrected chi connectivity index (χ2v) is 4.04. The standard InChI is InChI=1S/C7H15NOS/c1-3-7(2)6-10(9)5-4-8/h4,7-8H,3,5-6H2,1-2H3. The van der Waals surface area contributed by atoms with Gasteiger partial charge in [-0.25, -0.2) is 0 Å². The largest absolute Gasteiger partial charge is 0.312 e. The molecular formula is C7H15NOS. The zero-order chi connectivity index (χ0) is 7.98. The Bertz CT molecular complexity index is 125. The Morgan fingerprint density at radius 2 is 2.30 bits per heavy atom. The van der Waals surface area contributed by atoms with E-state index in [0.29, 0.717) is 11.7 Å². The van der Waals surface area contributed by atoms with Gasteiger partial charge in [-0.05, 0) is 5.92 Å². The first kappa shape index (κ1) is 9.82. The van der Waals surface area contributed by atoms with Crippen molar-refractivity contribution in [2.45, 2.75) is 20.3 Å². The van der Waals surface area contributed by atoms with Crippen LogP contribution in [0, 0.1) is 11.3 Å². The zero-order valence-electron chi connectivity index (χ0n) is 6.59. The molecule has 2 nitrogen and oxygen atoms in total. The Balaban J connectivity index is 3.46. The predicted octanol–water partition coefficient (Wildman–Crippen LogP) is 1.43. The third-order valence-corrected chi connectivity index (χ3v) is 2.92. The average molecular weight is 161 g/mol. The van der Waals surface area contributed by atoms with Gasteiger partial charge in [0.05, 0.1) is 5.75 Å². The van der Waals surface area contributed by atoms with Crippen LogP contribution in [0.2, 0.25) is 0 Å². The molecule has 0 aliphatic carbocycles. The first-order valence-electron chi connectivity index (χ1n) is 3.54. The van der Waals surface area contributed by atoms with Crippen molar-refractivity contribution in [3.05, 3.63) is 0 Å². The number of hydrogen-bond donors (Lipinski definition) is 1. The third-order valence-electron chi connectivity index (χ3n) is 1.44. The second kappa shape index (κ2) is 5.59. The maximum atomic E-state index is 11.0. The van der Waals surface area contributed by atoms with Crippen molar-refractivity contribution in [1.82, 2.24) is 0 Å². The van der Waals surface area contributed by atoms with Crippen LogP contribution in [0.1, 0.15) is 20.3 Å². The summed E-state index contributed by atoms with van der Waals surface area (Å²) in [4.78, 5) is 0. The van der Waals surface area contributed by atoms with Crippen molar-refractivity contribution in [1.29, 1.82) is 5.41 Å². The molecule has 0 bridgehead atoms. The molecule has 60 valence electrons. The van der Waals surface area contributed by atoms with Gasteiger partial charge in [0.1, 0.15) is 0 Å². The molecular weight excluding hydrogens is 146 g/mol. The Morgan fingerprint density at radius 3 is 2.70 bits per heavy atom. The fourth-order valence-electron chi connectivity index (χ4n) is 0.596. The molecule has 0 saturated heterocycles. The summed E-state index contributed by atoms with van der Waals surface area (Å²) in [5.41, 5.74) is 0. The van der Waals surface area contributed by atoms with E-state index in [-0.39, 0.29) is 0 Å². The molecule has 0 saturated carbocycles. The quantitative estimate of drug-likeness (QED) is 0.609. The van der Waals surface area contributed by atoms with Crippen molar-refractivity contribution >= 4 is 17.0 Å². The van der Waals surface area contributed by atoms with Gasteiger partial charge in [-0.3, -0.25) is 4.21 Å². The molecule has 3 heteroatoms. The van der Waals surface area contributed by atoms with E-state index in [1.807, 2.05) is 0 Å². The number of rotatable bonds is 5. The predicted molar refractivity (Wildman–Crippen MR) is 46.1 cm³/mol. The molecule has 0 aromatic heterocycles. The fraction of sp³-hybridized carbons (Fsp3) is 0.857. The highest BCUT2D eigenvalue weighted by molar-refractivity contribution is 7.85. The monoisotopic (exact) mass is 161 g/mol. The van der Waals surface area contributed by atoms with Gasteiger partial charge in [0.15, 0.2) is 0 Å². The summed E-state index contributed by atoms with van der Waals surface area (Å²) < 4.78 is 11.0. The van der Waals surface area contributed by atoms with E-state index in [2.05, 4.69) is 13.8 Å². The zero-order valence-corrected chi connectivity index (χ0v) is 7.41. The fourth-order valence-corrected chi connectivity index (χ4v) is 1.79. The third kappa shape index (κ3) is 4.68. The van der Waals surface area contributed by atoms with Crippen molar-refractivity contribution in [3.8, 4) is 0 Å². The van der Waals surface area contributed by atoms with Gasteiger partial charge in [0.2, 0.25) is 0 Å². The van der Waals surface area contributed by atoms with Crippen molar-refractivity contribution in [3.63, 3.8) is 0 Å². The molecule has 2 atom stereocenters. The molecule has 0 aliphatic rings. The van der Waals surface area contributed by atoms with Gasteiger partial charge in [-0.15, -0.1) is 0 Å². The number of hydrogen-bond acceptors (Lipinski definition) is 2. The SMILES string of the molecule is CCC(C)CS(=O)CC=N. The molecule has 0 aromatic carbocycles. The van der Waals surface area contributed by atoms with Gasteiger partial charge < -0.3 is 5.41 Å². The van der Waals surface area contributed by atoms with Crippen LogP contribution in [-0.4, -0.2) is 21.9 Å². The first-order chi connectivity index (χ1) is 4.70. The van der Waals surface area contributed by atoms with Crippen LogP contribution in [0.4, 0.5) is 0 Å². The van der Waals surface area contributed by atoms with E-state index in [1.165, 1.54) is 6.21 Å². The van der Waals surface area contributed by atoms with Crippen LogP contribution < -0.4 is 0 Å². The molecule has 0 heterocycles. The molecule has 0 aliphatic heterocycles. The van der Waals surface area contributed by atoms with E-state index < -0.39 is 10.8 Å². The molecule has 0 spiro atoms. The van der Waals surface area contributed by atoms with Gasteiger partial charge in [0.25, 0.3) is 0 Å². The summed E-state index contributed by atoms with van der Waals surface area (Å²) >= 11 is 0. The highest BCUT2D eigenvalue weighted by Gasteiger charge is 2.03. The highest BCUT2D eigenvalue weighted by atomic mass is 32.2. The van der Waals surface area contributed by atoms with E-state index in [4.69, 9.17) is 5.41 Å². The Morgan fingerprint density at radius 1 is 1.70 bits per heavy atom. The van der Waals surface area contributed by atoms with Crippen molar-refractivity contribution < 1.29 is 4.21 Å². The normalized spacial score (nSPS) is 16.2. The van der Waals surface area contributed by atoms with E-state index in [9.17, 15) is 4.21 Å². The molecule has 2 unspecified atom stereocenters. The molecule has 1 N–H and O–H groups in total. The van der Waals surface area contributed by atoms with E-state index in [1.54, 1.807) is 0 Å². The minimum atomic E-state index is -0.793. The van der Waals surface area contributed by atoms with Gasteiger partial charge in [-0.2, -0.15) is 0 Å². The molecule has 0 fully saturated rings. The lowest BCUT2D eigenvalue weighted by Crippen LogP contribution is -2.10. The topological polar surface area (TPSA) is 40.9 Å². The van der Waals surface area contributed by atoms with Crippen LogP contribution >= 0.6 is 0 Å². The van der Waals surface area contributed by atoms with E-state index in [0.717, 1.165) is 12.2 Å². The Hall–Kier alpha value is -0.180. The molecule has 0 amide bonds. The van der Waals surface area contributed by atoms with Gasteiger partial charge in [0, 0.05) is 22.8 Å². The van der Waals surface area contributed by atoms with Crippen LogP contribution in [0.5, 0.6) is 0 Å². The summed E-state index contributed by atoms with van der Waals surface area (Å²) in [6.07, 6.45) is 2.29. The first-order valence-corrected chi connectivity index (χ1v) is 5.03. The average Bonchev–Trinajstić information content (AvgIpc) is 1.88. The lowest BCUT2D eigenvalue weighted by molar-refractivity contribution is 0.617. The molecule has 0 rings (SSSR count). The summed E-state index contributed by atoms with van der Waals surface area (Å²) in [5, 5.41) is 6.72. The molecule has 10 heavy (non-hydrogen) atoms. The lowest BCUT2D eigenvalue weighted by Gasteiger charge is -2.04. The van der Waals surface area contributed by atoms with Crippen LogP contribution in [-0.2, 0) is 10.8 Å². The van der Waals surface area contributed by atoms with Gasteiger partial charge >= 0.3 is 0 Å². The maximum Gasteiger partial charge on any atom is 0.0582 e. The van der Waals surface area contributed by atoms with Crippen LogP contribution in [0.3, 0.4) is 0 Å². The van der Waals surface area contributed by atoms with Gasteiger partial charge in [-0.1, -0.05) is 20.3 Å². The Kier molecular flexibility index (Phi) is 5.49. The summed E-state index contributed by atoms with van der Waals surface area (Å²) in [6, 6.07) is 0. The second-order valence-electron chi connectivity index (χ2n) is 2.49. The lowest BCUT2D eigenvalue weighted by atomic mass is 10.2. The summed E-state index contributed by atoms with van der Waals surface area (Å²) in [7, 11) is -0.793. The minimum absolute atomic E-state index is 0.421. The van der Waals surface area contributed by atoms with Crippen LogP contribution in [0.25, 0.3) is 0 Å². The van der Waals surface area contributed by atoms with Crippen molar-refractivity contribution in [2.24, 2.45) is 5.92 Å². The smallest absolute Gasteiger partial charge is 0.0582 e. The minimum Gasteiger partial charge on any atom is -0.312 e. The van der Waals surface area contributed by atoms with Crippen LogP contribution in [0.15, 0.2) is 0 Å². The Labute approximate surface area is 65.0 Å². The maximum absolute atomic E-state index is 11.0. The molecule has 0 radical (unpaired) electrons. The number of nitrogens with one attached hydrogen (secondary N) is 1. The summed E-state index contributed by atoms with van der Waals surface area (Å²) in [5.74, 6) is 1.69. The van der Waals surface area contributed by atoms with E-state index >= 15 is 0 Å². The highest BCUT2D eigenvalue weighted by Crippen LogP contribution is 2.01. The van der Waals surface area contributed by atoms with Crippen molar-refractivity contribution in [2.75, 3.05) is 11.5 Å².